The maximum absolute atomic E-state index is 13.4. The summed E-state index contributed by atoms with van der Waals surface area (Å²) in [6, 6.07) is 19.3. The number of ether oxygens (including phenoxy) is 1. The molecule has 0 bridgehead atoms. The van der Waals surface area contributed by atoms with Crippen LogP contribution in [0.3, 0.4) is 0 Å². The van der Waals surface area contributed by atoms with Crippen LogP contribution in [0.15, 0.2) is 71.6 Å². The molecule has 168 valence electrons. The zero-order chi connectivity index (χ0) is 23.3. The van der Waals surface area contributed by atoms with Crippen LogP contribution in [0.5, 0.6) is 5.75 Å². The molecule has 0 fully saturated rings. The lowest BCUT2D eigenvalue weighted by atomic mass is 10.1. The molecule has 0 saturated heterocycles. The second kappa shape index (κ2) is 10.0. The highest BCUT2D eigenvalue weighted by molar-refractivity contribution is 7.93. The van der Waals surface area contributed by atoms with Crippen molar-refractivity contribution in [2.75, 3.05) is 10.9 Å². The van der Waals surface area contributed by atoms with Gasteiger partial charge in [-0.1, -0.05) is 53.1 Å². The number of aryl methyl sites for hydroxylation is 4. The fraction of sp³-hybridized carbons (Fsp3) is 0.269. The third-order valence-corrected chi connectivity index (χ3v) is 6.94. The summed E-state index contributed by atoms with van der Waals surface area (Å²) in [6.07, 6.45) is 0.446. The Balaban J connectivity index is 1.77. The van der Waals surface area contributed by atoms with Gasteiger partial charge in [0.15, 0.2) is 0 Å². The first kappa shape index (κ1) is 23.5. The Kier molecular flexibility index (Phi) is 7.36. The van der Waals surface area contributed by atoms with Gasteiger partial charge in [-0.25, -0.2) is 12.7 Å². The highest BCUT2D eigenvalue weighted by atomic mass is 32.2. The molecule has 0 saturated carbocycles. The molecule has 0 aliphatic heterocycles. The maximum atomic E-state index is 13.4. The topological polar surface area (TPSA) is 63.7 Å². The van der Waals surface area contributed by atoms with Crippen LogP contribution in [-0.4, -0.2) is 20.9 Å². The van der Waals surface area contributed by atoms with Crippen LogP contribution in [0.1, 0.15) is 35.1 Å². The molecule has 0 aliphatic rings. The van der Waals surface area contributed by atoms with Crippen LogP contribution in [-0.2, 0) is 14.8 Å². The van der Waals surface area contributed by atoms with Crippen LogP contribution in [0.25, 0.3) is 0 Å². The minimum Gasteiger partial charge on any atom is -0.493 e. The number of rotatable bonds is 8. The van der Waals surface area contributed by atoms with Crippen molar-refractivity contribution in [2.45, 2.75) is 45.4 Å². The number of hydrogen-bond acceptors (Lipinski definition) is 4. The Morgan fingerprint density at radius 3 is 1.97 bits per heavy atom. The van der Waals surface area contributed by atoms with Gasteiger partial charge in [-0.05, 0) is 70.0 Å². The van der Waals surface area contributed by atoms with Crippen LogP contribution >= 0.6 is 0 Å². The van der Waals surface area contributed by atoms with Crippen molar-refractivity contribution >= 4 is 21.6 Å². The van der Waals surface area contributed by atoms with Gasteiger partial charge >= 0.3 is 0 Å². The molecular formula is C26H29NO4S. The van der Waals surface area contributed by atoms with E-state index in [-0.39, 0.29) is 11.3 Å². The van der Waals surface area contributed by atoms with E-state index in [0.29, 0.717) is 18.7 Å². The van der Waals surface area contributed by atoms with E-state index in [1.807, 2.05) is 45.9 Å². The number of nitrogens with zero attached hydrogens (tertiary/aromatic N) is 1. The Morgan fingerprint density at radius 1 is 0.812 bits per heavy atom. The molecule has 0 heterocycles. The van der Waals surface area contributed by atoms with Crippen LogP contribution in [0.2, 0.25) is 0 Å². The molecule has 3 aromatic carbocycles. The summed E-state index contributed by atoms with van der Waals surface area (Å²) in [5, 5.41) is 0. The second-order valence-corrected chi connectivity index (χ2v) is 9.82. The zero-order valence-electron chi connectivity index (χ0n) is 19.0. The summed E-state index contributed by atoms with van der Waals surface area (Å²) < 4.78 is 33.5. The van der Waals surface area contributed by atoms with Gasteiger partial charge in [-0.15, -0.1) is 0 Å². The molecule has 0 aromatic heterocycles. The van der Waals surface area contributed by atoms with E-state index in [9.17, 15) is 13.2 Å². The van der Waals surface area contributed by atoms with Crippen molar-refractivity contribution in [3.05, 3.63) is 89.0 Å². The van der Waals surface area contributed by atoms with Crippen LogP contribution in [0.4, 0.5) is 5.69 Å². The molecule has 3 rings (SSSR count). The van der Waals surface area contributed by atoms with E-state index in [1.54, 1.807) is 36.4 Å². The van der Waals surface area contributed by atoms with Gasteiger partial charge in [-0.3, -0.25) is 4.79 Å². The minimum atomic E-state index is -4.04. The molecule has 0 unspecified atom stereocenters. The van der Waals surface area contributed by atoms with Crippen molar-refractivity contribution in [1.29, 1.82) is 0 Å². The predicted molar refractivity (Wildman–Crippen MR) is 128 cm³/mol. The number of sulfonamides is 1. The minimum absolute atomic E-state index is 0.0455. The number of benzene rings is 3. The molecule has 0 N–H and O–H groups in total. The summed E-state index contributed by atoms with van der Waals surface area (Å²) in [5.74, 6) is 0.282. The fourth-order valence-corrected chi connectivity index (χ4v) is 4.83. The molecule has 1 amide bonds. The number of amides is 1. The van der Waals surface area contributed by atoms with Crippen LogP contribution in [0, 0.1) is 27.7 Å². The van der Waals surface area contributed by atoms with E-state index >= 15 is 0 Å². The predicted octanol–water partition coefficient (Wildman–Crippen LogP) is 5.50. The monoisotopic (exact) mass is 451 g/mol. The van der Waals surface area contributed by atoms with E-state index in [0.717, 1.165) is 32.3 Å². The van der Waals surface area contributed by atoms with Crippen molar-refractivity contribution in [2.24, 2.45) is 0 Å². The van der Waals surface area contributed by atoms with Gasteiger partial charge in [0.25, 0.3) is 10.0 Å². The van der Waals surface area contributed by atoms with Gasteiger partial charge < -0.3 is 4.74 Å². The average molecular weight is 452 g/mol. The number of carbonyl (C=O) groups is 1. The fourth-order valence-electron chi connectivity index (χ4n) is 3.38. The highest BCUT2D eigenvalue weighted by Crippen LogP contribution is 2.26. The van der Waals surface area contributed by atoms with E-state index in [1.165, 1.54) is 12.1 Å². The third-order valence-electron chi connectivity index (χ3n) is 5.18. The Labute approximate surface area is 190 Å². The van der Waals surface area contributed by atoms with Gasteiger partial charge in [-0.2, -0.15) is 0 Å². The summed E-state index contributed by atoms with van der Waals surface area (Å²) in [5.41, 5.74) is 4.44. The van der Waals surface area contributed by atoms with Gasteiger partial charge in [0, 0.05) is 6.42 Å². The Hall–Kier alpha value is -3.12. The molecule has 0 aliphatic carbocycles. The van der Waals surface area contributed by atoms with E-state index in [4.69, 9.17) is 4.74 Å². The lowest BCUT2D eigenvalue weighted by Gasteiger charge is -2.23. The SMILES string of the molecule is Cc1ccc(N(C(=O)CCCOc2ccc(C)cc2C)S(=O)(=O)c2ccc(C)cc2)cc1. The van der Waals surface area contributed by atoms with Crippen molar-refractivity contribution in [1.82, 2.24) is 0 Å². The van der Waals surface area contributed by atoms with Crippen molar-refractivity contribution in [3.63, 3.8) is 0 Å². The van der Waals surface area contributed by atoms with E-state index < -0.39 is 15.9 Å². The highest BCUT2D eigenvalue weighted by Gasteiger charge is 2.30. The Morgan fingerprint density at radius 2 is 1.38 bits per heavy atom. The molecule has 6 heteroatoms. The first-order valence-electron chi connectivity index (χ1n) is 10.6. The average Bonchev–Trinajstić information content (AvgIpc) is 2.74. The van der Waals surface area contributed by atoms with E-state index in [2.05, 4.69) is 0 Å². The first-order chi connectivity index (χ1) is 15.2. The lowest BCUT2D eigenvalue weighted by Crippen LogP contribution is -2.37. The summed E-state index contributed by atoms with van der Waals surface area (Å²) in [6.45, 7) is 8.11. The van der Waals surface area contributed by atoms with Gasteiger partial charge in [0.05, 0.1) is 17.2 Å². The maximum Gasteiger partial charge on any atom is 0.270 e. The summed E-state index contributed by atoms with van der Waals surface area (Å²) in [7, 11) is -4.04. The van der Waals surface area contributed by atoms with Gasteiger partial charge in [0.1, 0.15) is 5.75 Å². The molecule has 3 aromatic rings. The third kappa shape index (κ3) is 5.56. The van der Waals surface area contributed by atoms with Crippen molar-refractivity contribution < 1.29 is 17.9 Å². The Bertz CT molecular complexity index is 1180. The molecule has 0 radical (unpaired) electrons. The summed E-state index contributed by atoms with van der Waals surface area (Å²) in [4.78, 5) is 13.2. The number of hydrogen-bond donors (Lipinski definition) is 0. The quantitative estimate of drug-likeness (QED) is 0.424. The zero-order valence-corrected chi connectivity index (χ0v) is 19.8. The summed E-state index contributed by atoms with van der Waals surface area (Å²) >= 11 is 0. The lowest BCUT2D eigenvalue weighted by molar-refractivity contribution is -0.117. The number of anilines is 1. The molecule has 0 spiro atoms. The second-order valence-electron chi connectivity index (χ2n) is 8.03. The normalized spacial score (nSPS) is 11.2. The van der Waals surface area contributed by atoms with Crippen LogP contribution < -0.4 is 9.04 Å². The van der Waals surface area contributed by atoms with Crippen molar-refractivity contribution in [3.8, 4) is 5.75 Å². The molecule has 32 heavy (non-hydrogen) atoms. The molecule has 0 atom stereocenters. The standard InChI is InChI=1S/C26H29NO4S/c1-19-7-12-23(13-8-19)27(32(29,30)24-14-9-20(2)10-15-24)26(28)6-5-17-31-25-16-11-21(3)18-22(25)4/h7-16,18H,5-6,17H2,1-4H3. The largest absolute Gasteiger partial charge is 0.493 e. The number of carbonyl (C=O) groups excluding carboxylic acids is 1. The smallest absolute Gasteiger partial charge is 0.270 e. The first-order valence-corrected chi connectivity index (χ1v) is 12.0. The molecular weight excluding hydrogens is 422 g/mol. The molecule has 5 nitrogen and oxygen atoms in total. The van der Waals surface area contributed by atoms with Gasteiger partial charge in [0.2, 0.25) is 5.91 Å².